The lowest BCUT2D eigenvalue weighted by atomic mass is 9.92. The average Bonchev–Trinajstić information content (AvgIpc) is 3.44. The Morgan fingerprint density at radius 3 is 2.62 bits per heavy atom. The minimum atomic E-state index is -0.295. The summed E-state index contributed by atoms with van der Waals surface area (Å²) in [5.41, 5.74) is 4.43. The van der Waals surface area contributed by atoms with Gasteiger partial charge in [0.15, 0.2) is 0 Å². The molecule has 3 aliphatic rings. The van der Waals surface area contributed by atoms with Crippen LogP contribution in [0.1, 0.15) is 50.7 Å². The topological polar surface area (TPSA) is 108 Å². The van der Waals surface area contributed by atoms with Crippen LogP contribution in [0.15, 0.2) is 36.5 Å². The molecule has 3 aliphatic heterocycles. The second-order valence-corrected chi connectivity index (χ2v) is 11.0. The molecule has 2 saturated heterocycles. The molecule has 0 bridgehead atoms. The number of hydrogen-bond donors (Lipinski definition) is 1. The molecule has 9 heteroatoms. The van der Waals surface area contributed by atoms with Gasteiger partial charge in [0.25, 0.3) is 0 Å². The van der Waals surface area contributed by atoms with Gasteiger partial charge in [0.1, 0.15) is 6.04 Å². The van der Waals surface area contributed by atoms with Gasteiger partial charge in [0, 0.05) is 44.0 Å². The number of amides is 2. The van der Waals surface area contributed by atoms with Crippen molar-refractivity contribution in [2.45, 2.75) is 70.7 Å². The third-order valence-electron chi connectivity index (χ3n) is 7.90. The number of nitrogens with one attached hydrogen (secondary N) is 1. The van der Waals surface area contributed by atoms with E-state index in [0.29, 0.717) is 51.0 Å². The van der Waals surface area contributed by atoms with Crippen LogP contribution in [-0.2, 0) is 22.5 Å². The van der Waals surface area contributed by atoms with E-state index in [1.165, 1.54) is 11.1 Å². The van der Waals surface area contributed by atoms with Crippen LogP contribution in [0.25, 0.3) is 11.1 Å². The largest absolute Gasteiger partial charge is 0.477 e. The zero-order valence-corrected chi connectivity index (χ0v) is 22.8. The first kappa shape index (κ1) is 26.9. The number of benzene rings is 1. The monoisotopic (exact) mass is 531 g/mol. The summed E-state index contributed by atoms with van der Waals surface area (Å²) in [6.07, 6.45) is 5.56. The first-order valence-corrected chi connectivity index (χ1v) is 14.0. The van der Waals surface area contributed by atoms with Crippen molar-refractivity contribution >= 4 is 12.0 Å². The Morgan fingerprint density at radius 2 is 1.90 bits per heavy atom. The van der Waals surface area contributed by atoms with Crippen molar-refractivity contribution in [1.82, 2.24) is 20.1 Å². The van der Waals surface area contributed by atoms with E-state index in [4.69, 9.17) is 9.47 Å². The van der Waals surface area contributed by atoms with Gasteiger partial charge in [-0.1, -0.05) is 12.1 Å². The van der Waals surface area contributed by atoms with Crippen molar-refractivity contribution in [3.8, 4) is 23.1 Å². The van der Waals surface area contributed by atoms with Gasteiger partial charge in [-0.15, -0.1) is 0 Å². The third kappa shape index (κ3) is 6.34. The maximum absolute atomic E-state index is 13.0. The van der Waals surface area contributed by atoms with E-state index < -0.39 is 0 Å². The quantitative estimate of drug-likeness (QED) is 0.602. The normalized spacial score (nSPS) is 21.4. The zero-order chi connectivity index (χ0) is 27.4. The predicted molar refractivity (Wildman–Crippen MR) is 146 cm³/mol. The molecule has 2 aromatic rings. The van der Waals surface area contributed by atoms with Gasteiger partial charge in [-0.25, -0.2) is 9.78 Å². The van der Waals surface area contributed by atoms with Crippen LogP contribution in [-0.4, -0.2) is 71.2 Å². The van der Waals surface area contributed by atoms with E-state index in [1.807, 2.05) is 32.2 Å². The van der Waals surface area contributed by atoms with E-state index in [9.17, 15) is 14.9 Å². The molecule has 9 nitrogen and oxygen atoms in total. The number of pyridine rings is 1. The molecule has 39 heavy (non-hydrogen) atoms. The molecule has 0 saturated carbocycles. The van der Waals surface area contributed by atoms with Gasteiger partial charge in [-0.2, -0.15) is 5.26 Å². The maximum Gasteiger partial charge on any atom is 0.410 e. The fourth-order valence-electron chi connectivity index (χ4n) is 5.63. The van der Waals surface area contributed by atoms with Crippen LogP contribution in [0.5, 0.6) is 5.88 Å². The van der Waals surface area contributed by atoms with E-state index in [1.54, 1.807) is 9.80 Å². The summed E-state index contributed by atoms with van der Waals surface area (Å²) in [5, 5.41) is 12.7. The second kappa shape index (κ2) is 12.0. The summed E-state index contributed by atoms with van der Waals surface area (Å²) >= 11 is 0. The van der Waals surface area contributed by atoms with Crippen LogP contribution in [0, 0.1) is 17.2 Å². The Balaban J connectivity index is 1.12. The molecule has 0 radical (unpaired) electrons. The number of rotatable bonds is 6. The van der Waals surface area contributed by atoms with Crippen molar-refractivity contribution in [3.05, 3.63) is 47.7 Å². The van der Waals surface area contributed by atoms with Gasteiger partial charge in [0.05, 0.1) is 24.8 Å². The van der Waals surface area contributed by atoms with Crippen molar-refractivity contribution in [1.29, 1.82) is 5.26 Å². The highest BCUT2D eigenvalue weighted by molar-refractivity contribution is 5.83. The van der Waals surface area contributed by atoms with Crippen molar-refractivity contribution < 1.29 is 19.1 Å². The highest BCUT2D eigenvalue weighted by Crippen LogP contribution is 2.28. The smallest absolute Gasteiger partial charge is 0.410 e. The highest BCUT2D eigenvalue weighted by Gasteiger charge is 2.34. The molecule has 2 atom stereocenters. The lowest BCUT2D eigenvalue weighted by Gasteiger charge is -2.31. The van der Waals surface area contributed by atoms with Crippen LogP contribution in [0.2, 0.25) is 0 Å². The van der Waals surface area contributed by atoms with Crippen molar-refractivity contribution in [2.24, 2.45) is 5.92 Å². The van der Waals surface area contributed by atoms with E-state index in [0.717, 1.165) is 36.8 Å². The number of likely N-dealkylation sites (tertiary alicyclic amines) is 2. The summed E-state index contributed by atoms with van der Waals surface area (Å²) in [6.45, 7) is 6.97. The Kier molecular flexibility index (Phi) is 8.32. The molecule has 1 aromatic carbocycles. The number of nitriles is 1. The van der Waals surface area contributed by atoms with Crippen LogP contribution in [0.3, 0.4) is 0 Å². The molecule has 5 rings (SSSR count). The summed E-state index contributed by atoms with van der Waals surface area (Å²) in [6, 6.07) is 11.9. The molecule has 4 heterocycles. The van der Waals surface area contributed by atoms with Gasteiger partial charge < -0.3 is 24.6 Å². The number of fused-ring (bicyclic) bond motifs is 1. The summed E-state index contributed by atoms with van der Waals surface area (Å²) in [7, 11) is 0. The molecule has 0 spiro atoms. The maximum atomic E-state index is 13.0. The molecule has 1 N–H and O–H groups in total. The third-order valence-corrected chi connectivity index (χ3v) is 7.90. The van der Waals surface area contributed by atoms with E-state index >= 15 is 0 Å². The lowest BCUT2D eigenvalue weighted by molar-refractivity contribution is -0.133. The molecular formula is C30H37N5O4. The lowest BCUT2D eigenvalue weighted by Crippen LogP contribution is -2.50. The summed E-state index contributed by atoms with van der Waals surface area (Å²) in [5.74, 6) is 1.02. The zero-order valence-electron chi connectivity index (χ0n) is 22.8. The SMILES string of the molecule is CC(C)OC(=O)N1CCC(COc2ccc(-c3ccc4c(c3)CN[C@H](C(=O)N3CCC[C@H]3C#N)C4)cn2)CC1. The number of aromatic nitrogens is 1. The summed E-state index contributed by atoms with van der Waals surface area (Å²) < 4.78 is 11.3. The molecule has 0 aliphatic carbocycles. The predicted octanol–water partition coefficient (Wildman–Crippen LogP) is 3.91. The van der Waals surface area contributed by atoms with Gasteiger partial charge in [-0.05, 0) is 80.7 Å². The van der Waals surface area contributed by atoms with Crippen LogP contribution in [0.4, 0.5) is 4.79 Å². The number of piperidine rings is 1. The molecule has 206 valence electrons. The Bertz CT molecular complexity index is 1220. The number of carbonyl (C=O) groups is 2. The number of carbonyl (C=O) groups excluding carboxylic acids is 2. The Morgan fingerprint density at radius 1 is 1.10 bits per heavy atom. The Hall–Kier alpha value is -3.64. The minimum absolute atomic E-state index is 0.0350. The van der Waals surface area contributed by atoms with E-state index in [-0.39, 0.29) is 30.2 Å². The van der Waals surface area contributed by atoms with Crippen molar-refractivity contribution in [3.63, 3.8) is 0 Å². The fourth-order valence-corrected chi connectivity index (χ4v) is 5.63. The molecule has 2 amide bonds. The summed E-state index contributed by atoms with van der Waals surface area (Å²) in [4.78, 5) is 33.1. The van der Waals surface area contributed by atoms with Gasteiger partial charge >= 0.3 is 6.09 Å². The number of ether oxygens (including phenoxy) is 2. The first-order valence-electron chi connectivity index (χ1n) is 14.0. The van der Waals surface area contributed by atoms with Crippen LogP contribution >= 0.6 is 0 Å². The molecular weight excluding hydrogens is 494 g/mol. The minimum Gasteiger partial charge on any atom is -0.477 e. The standard InChI is InChI=1S/C30H37N5O4/c1-20(2)39-30(37)34-12-9-21(10-13-34)19-38-28-8-7-24(17-33-28)22-5-6-23-15-27(32-18-25(23)14-22)29(36)35-11-3-4-26(35)16-31/h5-8,14,17,20-21,26-27,32H,3-4,9-13,15,18-19H2,1-2H3/t26-,27-/m0/s1. The fraction of sp³-hybridized carbons (Fsp3) is 0.533. The molecule has 1 aromatic heterocycles. The average molecular weight is 532 g/mol. The molecule has 2 fully saturated rings. The number of nitrogens with zero attached hydrogens (tertiary/aromatic N) is 4. The number of hydrogen-bond acceptors (Lipinski definition) is 7. The van der Waals surface area contributed by atoms with Crippen molar-refractivity contribution in [2.75, 3.05) is 26.2 Å². The van der Waals surface area contributed by atoms with E-state index in [2.05, 4.69) is 34.6 Å². The van der Waals surface area contributed by atoms with Gasteiger partial charge in [-0.3, -0.25) is 4.79 Å². The first-order chi connectivity index (χ1) is 18.9. The molecule has 0 unspecified atom stereocenters. The highest BCUT2D eigenvalue weighted by atomic mass is 16.6. The Labute approximate surface area is 230 Å². The van der Waals surface area contributed by atoms with Crippen LogP contribution < -0.4 is 10.1 Å². The van der Waals surface area contributed by atoms with Gasteiger partial charge in [0.2, 0.25) is 11.8 Å². The second-order valence-electron chi connectivity index (χ2n) is 11.0.